The van der Waals surface area contributed by atoms with Crippen molar-refractivity contribution in [2.75, 3.05) is 0 Å². The van der Waals surface area contributed by atoms with Gasteiger partial charge in [0.15, 0.2) is 0 Å². The second-order valence-electron chi connectivity index (χ2n) is 6.18. The highest BCUT2D eigenvalue weighted by molar-refractivity contribution is 5.79. The first-order valence-corrected chi connectivity index (χ1v) is 7.73. The highest BCUT2D eigenvalue weighted by Crippen LogP contribution is 2.29. The summed E-state index contributed by atoms with van der Waals surface area (Å²) in [6, 6.07) is 7.99. The standard InChI is InChI=1S/C16H22N4O/c1-11-6-5-8-13(12(11)2)17-16(21)10-20-15-9-4-3-7-14(15)18-19-20/h3-4,7,9,11-13H,5-6,8,10H2,1-2H3,(H,17,21)/t11-,12+,13+/m1/s1. The SMILES string of the molecule is C[C@H]1[C@H](C)CCC[C@@H]1NC(=O)Cn1nnc2ccccc21. The van der Waals surface area contributed by atoms with Gasteiger partial charge in [0.2, 0.25) is 5.91 Å². The largest absolute Gasteiger partial charge is 0.351 e. The van der Waals surface area contributed by atoms with Crippen LogP contribution < -0.4 is 5.32 Å². The maximum Gasteiger partial charge on any atom is 0.242 e. The Kier molecular flexibility index (Phi) is 3.90. The molecule has 0 unspecified atom stereocenters. The average Bonchev–Trinajstić information content (AvgIpc) is 2.87. The van der Waals surface area contributed by atoms with Crippen molar-refractivity contribution in [3.05, 3.63) is 24.3 Å². The number of aromatic nitrogens is 3. The molecule has 1 aromatic carbocycles. The van der Waals surface area contributed by atoms with Gasteiger partial charge in [-0.3, -0.25) is 4.79 Å². The first kappa shape index (κ1) is 14.0. The number of amides is 1. The molecule has 3 rings (SSSR count). The Balaban J connectivity index is 1.66. The Bertz CT molecular complexity index is 636. The van der Waals surface area contributed by atoms with Crippen LogP contribution in [0.15, 0.2) is 24.3 Å². The van der Waals surface area contributed by atoms with Gasteiger partial charge in [0, 0.05) is 6.04 Å². The van der Waals surface area contributed by atoms with E-state index >= 15 is 0 Å². The molecule has 1 aromatic heterocycles. The molecule has 1 heterocycles. The van der Waals surface area contributed by atoms with E-state index in [0.717, 1.165) is 17.5 Å². The molecule has 0 saturated heterocycles. The topological polar surface area (TPSA) is 59.8 Å². The third kappa shape index (κ3) is 2.91. The van der Waals surface area contributed by atoms with Crippen molar-refractivity contribution in [1.29, 1.82) is 0 Å². The number of hydrogen-bond acceptors (Lipinski definition) is 3. The molecule has 1 N–H and O–H groups in total. The predicted molar refractivity (Wildman–Crippen MR) is 81.6 cm³/mol. The summed E-state index contributed by atoms with van der Waals surface area (Å²) < 4.78 is 1.67. The molecule has 112 valence electrons. The molecule has 0 aliphatic heterocycles. The highest BCUT2D eigenvalue weighted by Gasteiger charge is 2.28. The van der Waals surface area contributed by atoms with Gasteiger partial charge in [0.05, 0.1) is 5.52 Å². The molecule has 0 bridgehead atoms. The fourth-order valence-corrected chi connectivity index (χ4v) is 3.21. The Hall–Kier alpha value is -1.91. The van der Waals surface area contributed by atoms with Gasteiger partial charge >= 0.3 is 0 Å². The first-order chi connectivity index (χ1) is 10.1. The second-order valence-corrected chi connectivity index (χ2v) is 6.18. The summed E-state index contributed by atoms with van der Waals surface area (Å²) in [5, 5.41) is 11.3. The number of rotatable bonds is 3. The maximum absolute atomic E-state index is 12.3. The van der Waals surface area contributed by atoms with Crippen LogP contribution in [0.4, 0.5) is 0 Å². The lowest BCUT2D eigenvalue weighted by Gasteiger charge is -2.34. The molecule has 5 nitrogen and oxygen atoms in total. The van der Waals surface area contributed by atoms with E-state index in [2.05, 4.69) is 29.5 Å². The van der Waals surface area contributed by atoms with Crippen molar-refractivity contribution < 1.29 is 4.79 Å². The van der Waals surface area contributed by atoms with Crippen molar-refractivity contribution in [1.82, 2.24) is 20.3 Å². The van der Waals surface area contributed by atoms with E-state index in [1.54, 1.807) is 4.68 Å². The van der Waals surface area contributed by atoms with Crippen molar-refractivity contribution in [3.63, 3.8) is 0 Å². The summed E-state index contributed by atoms with van der Waals surface area (Å²) in [5.74, 6) is 1.24. The van der Waals surface area contributed by atoms with Crippen LogP contribution in [-0.4, -0.2) is 26.9 Å². The van der Waals surface area contributed by atoms with Crippen LogP contribution >= 0.6 is 0 Å². The van der Waals surface area contributed by atoms with Crippen molar-refractivity contribution >= 4 is 16.9 Å². The van der Waals surface area contributed by atoms with Crippen LogP contribution in [0.25, 0.3) is 11.0 Å². The van der Waals surface area contributed by atoms with Gasteiger partial charge in [0.1, 0.15) is 12.1 Å². The van der Waals surface area contributed by atoms with E-state index in [-0.39, 0.29) is 18.5 Å². The first-order valence-electron chi connectivity index (χ1n) is 7.73. The molecule has 1 fully saturated rings. The van der Waals surface area contributed by atoms with Gasteiger partial charge < -0.3 is 5.32 Å². The van der Waals surface area contributed by atoms with E-state index in [4.69, 9.17) is 0 Å². The number of carbonyl (C=O) groups excluding carboxylic acids is 1. The van der Waals surface area contributed by atoms with Crippen LogP contribution in [0.5, 0.6) is 0 Å². The summed E-state index contributed by atoms with van der Waals surface area (Å²) in [6.07, 6.45) is 3.54. The zero-order chi connectivity index (χ0) is 14.8. The molecule has 2 aromatic rings. The number of nitrogens with one attached hydrogen (secondary N) is 1. The van der Waals surface area contributed by atoms with Crippen molar-refractivity contribution in [2.45, 2.75) is 45.7 Å². The number of fused-ring (bicyclic) bond motifs is 1. The van der Waals surface area contributed by atoms with Gasteiger partial charge in [-0.05, 0) is 30.4 Å². The van der Waals surface area contributed by atoms with Crippen LogP contribution in [0, 0.1) is 11.8 Å². The minimum absolute atomic E-state index is 0.0246. The number of carbonyl (C=O) groups is 1. The minimum Gasteiger partial charge on any atom is -0.351 e. The minimum atomic E-state index is 0.0246. The monoisotopic (exact) mass is 286 g/mol. The van der Waals surface area contributed by atoms with Crippen molar-refractivity contribution in [2.24, 2.45) is 11.8 Å². The third-order valence-corrected chi connectivity index (χ3v) is 4.77. The number of hydrogen-bond donors (Lipinski definition) is 1. The summed E-state index contributed by atoms with van der Waals surface area (Å²) in [7, 11) is 0. The number of benzene rings is 1. The summed E-state index contributed by atoms with van der Waals surface area (Å²) in [5.41, 5.74) is 1.72. The molecule has 1 aliphatic carbocycles. The van der Waals surface area contributed by atoms with Crippen LogP contribution in [0.1, 0.15) is 33.1 Å². The third-order valence-electron chi connectivity index (χ3n) is 4.77. The fourth-order valence-electron chi connectivity index (χ4n) is 3.21. The van der Waals surface area contributed by atoms with Crippen LogP contribution in [-0.2, 0) is 11.3 Å². The smallest absolute Gasteiger partial charge is 0.242 e. The van der Waals surface area contributed by atoms with E-state index in [9.17, 15) is 4.79 Å². The predicted octanol–water partition coefficient (Wildman–Crippen LogP) is 2.37. The molecule has 3 atom stereocenters. The molecular formula is C16H22N4O. The Morgan fingerprint density at radius 1 is 1.33 bits per heavy atom. The lowest BCUT2D eigenvalue weighted by molar-refractivity contribution is -0.123. The molecular weight excluding hydrogens is 264 g/mol. The van der Waals surface area contributed by atoms with Gasteiger partial charge in [-0.15, -0.1) is 5.10 Å². The van der Waals surface area contributed by atoms with Crippen LogP contribution in [0.2, 0.25) is 0 Å². The van der Waals surface area contributed by atoms with E-state index in [1.165, 1.54) is 12.8 Å². The summed E-state index contributed by atoms with van der Waals surface area (Å²) in [4.78, 5) is 12.3. The molecule has 1 aliphatic rings. The lowest BCUT2D eigenvalue weighted by Crippen LogP contribution is -2.44. The normalized spacial score (nSPS) is 25.9. The zero-order valence-electron chi connectivity index (χ0n) is 12.6. The Labute approximate surface area is 124 Å². The molecule has 5 heteroatoms. The molecule has 0 radical (unpaired) electrons. The van der Waals surface area contributed by atoms with Gasteiger partial charge in [-0.1, -0.05) is 44.0 Å². The van der Waals surface area contributed by atoms with Gasteiger partial charge in [0.25, 0.3) is 0 Å². The average molecular weight is 286 g/mol. The summed E-state index contributed by atoms with van der Waals surface area (Å²) in [6.45, 7) is 4.74. The van der Waals surface area contributed by atoms with E-state index < -0.39 is 0 Å². The van der Waals surface area contributed by atoms with Crippen LogP contribution in [0.3, 0.4) is 0 Å². The Morgan fingerprint density at radius 3 is 3.00 bits per heavy atom. The van der Waals surface area contributed by atoms with Crippen molar-refractivity contribution in [3.8, 4) is 0 Å². The zero-order valence-corrected chi connectivity index (χ0v) is 12.6. The second kappa shape index (κ2) is 5.84. The van der Waals surface area contributed by atoms with E-state index in [0.29, 0.717) is 11.8 Å². The fraction of sp³-hybridized carbons (Fsp3) is 0.562. The molecule has 1 amide bonds. The maximum atomic E-state index is 12.3. The lowest BCUT2D eigenvalue weighted by atomic mass is 9.78. The molecule has 21 heavy (non-hydrogen) atoms. The molecule has 1 saturated carbocycles. The number of nitrogens with zero attached hydrogens (tertiary/aromatic N) is 3. The van der Waals surface area contributed by atoms with E-state index in [1.807, 2.05) is 24.3 Å². The molecule has 0 spiro atoms. The quantitative estimate of drug-likeness (QED) is 0.942. The highest BCUT2D eigenvalue weighted by atomic mass is 16.2. The number of para-hydroxylation sites is 1. The Morgan fingerprint density at radius 2 is 2.14 bits per heavy atom. The summed E-state index contributed by atoms with van der Waals surface area (Å²) >= 11 is 0. The van der Waals surface area contributed by atoms with Gasteiger partial charge in [-0.25, -0.2) is 4.68 Å². The van der Waals surface area contributed by atoms with Gasteiger partial charge in [-0.2, -0.15) is 0 Å².